The molecule has 3 N–H and O–H groups in total. The maximum atomic E-state index is 11.5. The van der Waals surface area contributed by atoms with E-state index in [4.69, 9.17) is 15.2 Å². The Balaban J connectivity index is 2.07. The number of rotatable bonds is 10. The molecule has 0 spiro atoms. The van der Waals surface area contributed by atoms with Gasteiger partial charge in [-0.3, -0.25) is 4.79 Å². The molecule has 0 bridgehead atoms. The van der Waals surface area contributed by atoms with Crippen LogP contribution in [0.5, 0.6) is 11.5 Å². The molecule has 5 heteroatoms. The van der Waals surface area contributed by atoms with Gasteiger partial charge in [0, 0.05) is 13.0 Å². The molecule has 0 saturated heterocycles. The lowest BCUT2D eigenvalue weighted by atomic mass is 10.2. The van der Waals surface area contributed by atoms with Crippen molar-refractivity contribution in [3.63, 3.8) is 0 Å². The number of hydrogen-bond donors (Lipinski definition) is 2. The molecule has 1 amide bonds. The molecule has 0 atom stereocenters. The number of benzene rings is 1. The molecule has 0 aliphatic heterocycles. The maximum absolute atomic E-state index is 11.5. The minimum atomic E-state index is 0.0698. The molecule has 0 radical (unpaired) electrons. The molecule has 0 unspecified atom stereocenters. The van der Waals surface area contributed by atoms with Crippen molar-refractivity contribution in [1.82, 2.24) is 5.32 Å². The number of ether oxygens (including phenoxy) is 2. The van der Waals surface area contributed by atoms with E-state index in [1.807, 2.05) is 24.3 Å². The van der Waals surface area contributed by atoms with Crippen LogP contribution in [-0.2, 0) is 4.79 Å². The molecular weight excluding hydrogens is 256 g/mol. The second kappa shape index (κ2) is 10.1. The Hall–Kier alpha value is -1.75. The number of methoxy groups -OCH3 is 1. The summed E-state index contributed by atoms with van der Waals surface area (Å²) in [7, 11) is 1.63. The van der Waals surface area contributed by atoms with Gasteiger partial charge in [-0.15, -0.1) is 0 Å². The van der Waals surface area contributed by atoms with E-state index in [1.165, 1.54) is 0 Å². The second-order valence-corrected chi connectivity index (χ2v) is 4.47. The Kier molecular flexibility index (Phi) is 8.22. The Morgan fingerprint density at radius 3 is 2.50 bits per heavy atom. The van der Waals surface area contributed by atoms with Gasteiger partial charge in [0.25, 0.3) is 0 Å². The second-order valence-electron chi connectivity index (χ2n) is 4.47. The fourth-order valence-corrected chi connectivity index (χ4v) is 1.68. The fourth-order valence-electron chi connectivity index (χ4n) is 1.68. The molecule has 112 valence electrons. The summed E-state index contributed by atoms with van der Waals surface area (Å²) in [6.45, 7) is 1.91. The van der Waals surface area contributed by atoms with Crippen LogP contribution in [0.3, 0.4) is 0 Å². The van der Waals surface area contributed by atoms with Gasteiger partial charge in [0.05, 0.1) is 13.7 Å². The van der Waals surface area contributed by atoms with Gasteiger partial charge in [-0.1, -0.05) is 0 Å². The van der Waals surface area contributed by atoms with Gasteiger partial charge >= 0.3 is 0 Å². The Bertz CT molecular complexity index is 379. The first-order valence-electron chi connectivity index (χ1n) is 7.00. The van der Waals surface area contributed by atoms with Gasteiger partial charge in [0.2, 0.25) is 5.91 Å². The molecule has 1 aromatic carbocycles. The number of carbonyl (C=O) groups excluding carboxylic acids is 1. The summed E-state index contributed by atoms with van der Waals surface area (Å²) in [4.78, 5) is 11.5. The van der Waals surface area contributed by atoms with E-state index in [1.54, 1.807) is 7.11 Å². The Morgan fingerprint density at radius 1 is 1.15 bits per heavy atom. The third-order valence-corrected chi connectivity index (χ3v) is 2.83. The van der Waals surface area contributed by atoms with Gasteiger partial charge in [0.1, 0.15) is 11.5 Å². The monoisotopic (exact) mass is 280 g/mol. The predicted molar refractivity (Wildman–Crippen MR) is 79.0 cm³/mol. The van der Waals surface area contributed by atoms with Crippen LogP contribution in [0.4, 0.5) is 0 Å². The van der Waals surface area contributed by atoms with Crippen LogP contribution in [0.25, 0.3) is 0 Å². The quantitative estimate of drug-likeness (QED) is 0.640. The summed E-state index contributed by atoms with van der Waals surface area (Å²) < 4.78 is 10.6. The van der Waals surface area contributed by atoms with Crippen molar-refractivity contribution in [3.05, 3.63) is 24.3 Å². The highest BCUT2D eigenvalue weighted by molar-refractivity contribution is 5.75. The summed E-state index contributed by atoms with van der Waals surface area (Å²) in [5.74, 6) is 1.66. The maximum Gasteiger partial charge on any atom is 0.220 e. The number of hydrogen-bond acceptors (Lipinski definition) is 4. The highest BCUT2D eigenvalue weighted by Crippen LogP contribution is 2.17. The minimum Gasteiger partial charge on any atom is -0.497 e. The third kappa shape index (κ3) is 6.99. The van der Waals surface area contributed by atoms with E-state index >= 15 is 0 Å². The van der Waals surface area contributed by atoms with Gasteiger partial charge in [-0.25, -0.2) is 0 Å². The highest BCUT2D eigenvalue weighted by atomic mass is 16.5. The van der Waals surface area contributed by atoms with Crippen LogP contribution in [0, 0.1) is 0 Å². The van der Waals surface area contributed by atoms with Crippen LogP contribution >= 0.6 is 0 Å². The van der Waals surface area contributed by atoms with Gasteiger partial charge in [-0.2, -0.15) is 0 Å². The average Bonchev–Trinajstić information content (AvgIpc) is 2.49. The number of unbranched alkanes of at least 4 members (excludes halogenated alkanes) is 1. The SMILES string of the molecule is COc1ccc(OCCCC(=O)NCCCCN)cc1. The zero-order valence-corrected chi connectivity index (χ0v) is 12.1. The lowest BCUT2D eigenvalue weighted by Gasteiger charge is -2.07. The summed E-state index contributed by atoms with van der Waals surface area (Å²) >= 11 is 0. The average molecular weight is 280 g/mol. The van der Waals surface area contributed by atoms with E-state index in [-0.39, 0.29) is 5.91 Å². The molecule has 1 rings (SSSR count). The topological polar surface area (TPSA) is 73.6 Å². The standard InChI is InChI=1S/C15H24N2O3/c1-19-13-6-8-14(9-7-13)20-12-4-5-15(18)17-11-3-2-10-16/h6-9H,2-5,10-12,16H2,1H3,(H,17,18). The van der Waals surface area contributed by atoms with E-state index in [9.17, 15) is 4.79 Å². The lowest BCUT2D eigenvalue weighted by Crippen LogP contribution is -2.25. The largest absolute Gasteiger partial charge is 0.497 e. The van der Waals surface area contributed by atoms with Crippen molar-refractivity contribution in [2.75, 3.05) is 26.8 Å². The first-order chi connectivity index (χ1) is 9.76. The van der Waals surface area contributed by atoms with Gasteiger partial charge in [-0.05, 0) is 50.1 Å². The zero-order valence-electron chi connectivity index (χ0n) is 12.1. The first-order valence-corrected chi connectivity index (χ1v) is 7.00. The minimum absolute atomic E-state index is 0.0698. The number of nitrogens with one attached hydrogen (secondary N) is 1. The van der Waals surface area contributed by atoms with E-state index in [0.717, 1.165) is 24.3 Å². The van der Waals surface area contributed by atoms with Crippen LogP contribution in [0.2, 0.25) is 0 Å². The first kappa shape index (κ1) is 16.3. The molecule has 0 heterocycles. The van der Waals surface area contributed by atoms with Crippen molar-refractivity contribution < 1.29 is 14.3 Å². The molecular formula is C15H24N2O3. The van der Waals surface area contributed by atoms with Crippen LogP contribution < -0.4 is 20.5 Å². The van der Waals surface area contributed by atoms with E-state index in [0.29, 0.717) is 32.5 Å². The van der Waals surface area contributed by atoms with Crippen molar-refractivity contribution >= 4 is 5.91 Å². The molecule has 5 nitrogen and oxygen atoms in total. The van der Waals surface area contributed by atoms with Crippen LogP contribution in [0.15, 0.2) is 24.3 Å². The molecule has 20 heavy (non-hydrogen) atoms. The molecule has 0 aliphatic rings. The highest BCUT2D eigenvalue weighted by Gasteiger charge is 2.01. The normalized spacial score (nSPS) is 10.1. The van der Waals surface area contributed by atoms with Crippen LogP contribution in [0.1, 0.15) is 25.7 Å². The van der Waals surface area contributed by atoms with Crippen molar-refractivity contribution in [2.24, 2.45) is 5.73 Å². The smallest absolute Gasteiger partial charge is 0.220 e. The summed E-state index contributed by atoms with van der Waals surface area (Å²) in [5.41, 5.74) is 5.38. The van der Waals surface area contributed by atoms with Crippen molar-refractivity contribution in [2.45, 2.75) is 25.7 Å². The molecule has 0 aromatic heterocycles. The third-order valence-electron chi connectivity index (χ3n) is 2.83. The molecule has 0 fully saturated rings. The van der Waals surface area contributed by atoms with Crippen LogP contribution in [-0.4, -0.2) is 32.7 Å². The molecule has 1 aromatic rings. The number of nitrogens with two attached hydrogens (primary N) is 1. The number of amides is 1. The van der Waals surface area contributed by atoms with Crippen molar-refractivity contribution in [1.29, 1.82) is 0 Å². The van der Waals surface area contributed by atoms with E-state index in [2.05, 4.69) is 5.32 Å². The zero-order chi connectivity index (χ0) is 14.6. The Labute approximate surface area is 120 Å². The lowest BCUT2D eigenvalue weighted by molar-refractivity contribution is -0.121. The Morgan fingerprint density at radius 2 is 1.85 bits per heavy atom. The molecule has 0 saturated carbocycles. The summed E-state index contributed by atoms with van der Waals surface area (Å²) in [6, 6.07) is 7.40. The summed E-state index contributed by atoms with van der Waals surface area (Å²) in [6.07, 6.45) is 3.07. The number of carbonyl (C=O) groups is 1. The van der Waals surface area contributed by atoms with Gasteiger partial charge < -0.3 is 20.5 Å². The van der Waals surface area contributed by atoms with Gasteiger partial charge in [0.15, 0.2) is 0 Å². The summed E-state index contributed by atoms with van der Waals surface area (Å²) in [5, 5.41) is 2.86. The molecule has 0 aliphatic carbocycles. The van der Waals surface area contributed by atoms with E-state index < -0.39 is 0 Å². The van der Waals surface area contributed by atoms with Crippen molar-refractivity contribution in [3.8, 4) is 11.5 Å². The predicted octanol–water partition coefficient (Wildman–Crippen LogP) is 1.71. The fraction of sp³-hybridized carbons (Fsp3) is 0.533.